The van der Waals surface area contributed by atoms with Crippen LogP contribution in [0, 0.1) is 6.92 Å². The molecule has 0 radical (unpaired) electrons. The Morgan fingerprint density at radius 2 is 1.76 bits per heavy atom. The first-order valence-corrected chi connectivity index (χ1v) is 7.58. The van der Waals surface area contributed by atoms with E-state index in [0.717, 1.165) is 21.2 Å². The highest BCUT2D eigenvalue weighted by Crippen LogP contribution is 2.41. The van der Waals surface area contributed by atoms with E-state index in [9.17, 15) is 0 Å². The van der Waals surface area contributed by atoms with Gasteiger partial charge in [0.05, 0.1) is 20.3 Å². The summed E-state index contributed by atoms with van der Waals surface area (Å²) < 4.78 is 11.5. The predicted octanol–water partition coefficient (Wildman–Crippen LogP) is 4.48. The van der Waals surface area contributed by atoms with Crippen LogP contribution in [0.4, 0.5) is 0 Å². The Hall–Kier alpha value is -1.23. The van der Waals surface area contributed by atoms with Gasteiger partial charge >= 0.3 is 0 Å². The first-order valence-electron chi connectivity index (χ1n) is 6.41. The van der Waals surface area contributed by atoms with Gasteiger partial charge in [-0.2, -0.15) is 0 Å². The monoisotopic (exact) mass is 369 g/mol. The van der Waals surface area contributed by atoms with Gasteiger partial charge in [-0.15, -0.1) is 0 Å². The van der Waals surface area contributed by atoms with Crippen molar-refractivity contribution in [1.29, 1.82) is 0 Å². The van der Waals surface area contributed by atoms with Gasteiger partial charge in [0.15, 0.2) is 0 Å². The van der Waals surface area contributed by atoms with E-state index in [4.69, 9.17) is 26.8 Å². The quantitative estimate of drug-likeness (QED) is 0.863. The zero-order chi connectivity index (χ0) is 15.6. The Morgan fingerprint density at radius 1 is 1.10 bits per heavy atom. The minimum atomic E-state index is -0.379. The van der Waals surface area contributed by atoms with Crippen LogP contribution >= 0.6 is 27.5 Å². The highest BCUT2D eigenvalue weighted by Gasteiger charge is 2.20. The van der Waals surface area contributed by atoms with E-state index in [2.05, 4.69) is 15.9 Å². The number of rotatable bonds is 4. The zero-order valence-corrected chi connectivity index (χ0v) is 14.5. The lowest BCUT2D eigenvalue weighted by molar-refractivity contribution is 0.385. The maximum atomic E-state index is 6.38. The van der Waals surface area contributed by atoms with Gasteiger partial charge in [0.2, 0.25) is 0 Å². The normalized spacial score (nSPS) is 12.1. The molecule has 5 heteroatoms. The van der Waals surface area contributed by atoms with Gasteiger partial charge in [0, 0.05) is 10.6 Å². The minimum absolute atomic E-state index is 0.379. The highest BCUT2D eigenvalue weighted by atomic mass is 79.9. The molecule has 2 aromatic carbocycles. The summed E-state index contributed by atoms with van der Waals surface area (Å²) in [4.78, 5) is 0. The Morgan fingerprint density at radius 3 is 2.33 bits per heavy atom. The lowest BCUT2D eigenvalue weighted by atomic mass is 9.97. The summed E-state index contributed by atoms with van der Waals surface area (Å²) in [6, 6.07) is 9.20. The molecule has 2 N–H and O–H groups in total. The lowest BCUT2D eigenvalue weighted by Crippen LogP contribution is -2.14. The SMILES string of the molecule is COc1ccc(C(N)c2ccc(C)cc2Cl)c(OC)c1Br. The van der Waals surface area contributed by atoms with E-state index < -0.39 is 0 Å². The zero-order valence-electron chi connectivity index (χ0n) is 12.1. The summed E-state index contributed by atoms with van der Waals surface area (Å²) in [5.74, 6) is 1.34. The van der Waals surface area contributed by atoms with Crippen molar-refractivity contribution in [3.05, 3.63) is 56.5 Å². The number of ether oxygens (including phenoxy) is 2. The number of methoxy groups -OCH3 is 2. The maximum absolute atomic E-state index is 6.38. The summed E-state index contributed by atoms with van der Waals surface area (Å²) in [6.07, 6.45) is 0. The number of hydrogen-bond acceptors (Lipinski definition) is 3. The molecule has 1 atom stereocenters. The van der Waals surface area contributed by atoms with E-state index in [-0.39, 0.29) is 6.04 Å². The molecule has 0 spiro atoms. The third-order valence-corrected chi connectivity index (χ3v) is 4.42. The molecule has 112 valence electrons. The number of halogens is 2. The smallest absolute Gasteiger partial charge is 0.141 e. The van der Waals surface area contributed by atoms with Gasteiger partial charge in [-0.3, -0.25) is 0 Å². The molecule has 2 aromatic rings. The summed E-state index contributed by atoms with van der Waals surface area (Å²) in [6.45, 7) is 1.99. The van der Waals surface area contributed by atoms with E-state index in [1.165, 1.54) is 0 Å². The maximum Gasteiger partial charge on any atom is 0.141 e. The van der Waals surface area contributed by atoms with Crippen LogP contribution in [0.5, 0.6) is 11.5 Å². The average Bonchev–Trinajstić information content (AvgIpc) is 2.46. The molecule has 21 heavy (non-hydrogen) atoms. The van der Waals surface area contributed by atoms with Crippen molar-refractivity contribution in [3.63, 3.8) is 0 Å². The summed E-state index contributed by atoms with van der Waals surface area (Å²) >= 11 is 9.80. The largest absolute Gasteiger partial charge is 0.495 e. The van der Waals surface area contributed by atoms with Crippen molar-refractivity contribution in [2.45, 2.75) is 13.0 Å². The van der Waals surface area contributed by atoms with Crippen LogP contribution < -0.4 is 15.2 Å². The highest BCUT2D eigenvalue weighted by molar-refractivity contribution is 9.10. The minimum Gasteiger partial charge on any atom is -0.495 e. The second kappa shape index (κ2) is 6.69. The average molecular weight is 371 g/mol. The van der Waals surface area contributed by atoms with Crippen molar-refractivity contribution in [3.8, 4) is 11.5 Å². The first-order chi connectivity index (χ1) is 9.99. The van der Waals surface area contributed by atoms with Crippen LogP contribution in [0.25, 0.3) is 0 Å². The van der Waals surface area contributed by atoms with Crippen LogP contribution in [-0.4, -0.2) is 14.2 Å². The van der Waals surface area contributed by atoms with E-state index in [1.807, 2.05) is 37.3 Å². The van der Waals surface area contributed by atoms with Crippen LogP contribution in [0.3, 0.4) is 0 Å². The second-order valence-corrected chi connectivity index (χ2v) is 5.91. The van der Waals surface area contributed by atoms with Crippen LogP contribution in [0.2, 0.25) is 5.02 Å². The van der Waals surface area contributed by atoms with Gasteiger partial charge in [0.1, 0.15) is 16.0 Å². The second-order valence-electron chi connectivity index (χ2n) is 4.71. The number of nitrogens with two attached hydrogens (primary N) is 1. The van der Waals surface area contributed by atoms with Crippen LogP contribution in [-0.2, 0) is 0 Å². The molecule has 0 saturated carbocycles. The fraction of sp³-hybridized carbons (Fsp3) is 0.250. The molecular weight excluding hydrogens is 354 g/mol. The number of aryl methyl sites for hydroxylation is 1. The van der Waals surface area contributed by atoms with E-state index in [0.29, 0.717) is 16.5 Å². The van der Waals surface area contributed by atoms with Gasteiger partial charge in [-0.05, 0) is 52.2 Å². The molecule has 0 saturated heterocycles. The van der Waals surface area contributed by atoms with Crippen LogP contribution in [0.1, 0.15) is 22.7 Å². The van der Waals surface area contributed by atoms with Crippen LogP contribution in [0.15, 0.2) is 34.8 Å². The van der Waals surface area contributed by atoms with Crippen molar-refractivity contribution in [2.75, 3.05) is 14.2 Å². The molecule has 3 nitrogen and oxygen atoms in total. The van der Waals surface area contributed by atoms with Crippen molar-refractivity contribution in [1.82, 2.24) is 0 Å². The van der Waals surface area contributed by atoms with Gasteiger partial charge in [-0.1, -0.05) is 23.7 Å². The van der Waals surface area contributed by atoms with Gasteiger partial charge in [-0.25, -0.2) is 0 Å². The Kier molecular flexibility index (Phi) is 5.14. The standard InChI is InChI=1S/C16H17BrClNO2/c1-9-4-5-10(12(18)8-9)15(19)11-6-7-13(20-2)14(17)16(11)21-3/h4-8,15H,19H2,1-3H3. The molecule has 0 aliphatic heterocycles. The summed E-state index contributed by atoms with van der Waals surface area (Å²) in [5, 5.41) is 0.650. The van der Waals surface area contributed by atoms with Gasteiger partial charge in [0.25, 0.3) is 0 Å². The Balaban J connectivity index is 2.52. The summed E-state index contributed by atoms with van der Waals surface area (Å²) in [5.41, 5.74) is 9.18. The molecule has 0 aliphatic rings. The van der Waals surface area contributed by atoms with Crippen molar-refractivity contribution in [2.24, 2.45) is 5.73 Å². The molecule has 0 aromatic heterocycles. The third-order valence-electron chi connectivity index (χ3n) is 3.34. The fourth-order valence-corrected chi connectivity index (χ4v) is 3.25. The molecule has 0 aliphatic carbocycles. The third kappa shape index (κ3) is 3.18. The molecular formula is C16H17BrClNO2. The first kappa shape index (κ1) is 16.1. The molecule has 0 amide bonds. The van der Waals surface area contributed by atoms with E-state index in [1.54, 1.807) is 14.2 Å². The van der Waals surface area contributed by atoms with E-state index >= 15 is 0 Å². The fourth-order valence-electron chi connectivity index (χ4n) is 2.21. The van der Waals surface area contributed by atoms with Gasteiger partial charge < -0.3 is 15.2 Å². The molecule has 1 unspecified atom stereocenters. The Labute approximate surface area is 138 Å². The lowest BCUT2D eigenvalue weighted by Gasteiger charge is -2.19. The van der Waals surface area contributed by atoms with Crippen molar-refractivity contribution >= 4 is 27.5 Å². The number of hydrogen-bond donors (Lipinski definition) is 1. The summed E-state index contributed by atoms with van der Waals surface area (Å²) in [7, 11) is 3.21. The number of benzene rings is 2. The van der Waals surface area contributed by atoms with Crippen molar-refractivity contribution < 1.29 is 9.47 Å². The topological polar surface area (TPSA) is 44.5 Å². The molecule has 0 fully saturated rings. The predicted molar refractivity (Wildman–Crippen MR) is 89.5 cm³/mol. The molecule has 0 heterocycles. The Bertz CT molecular complexity index is 661. The molecule has 0 bridgehead atoms. The molecule has 2 rings (SSSR count).